The van der Waals surface area contributed by atoms with E-state index in [-0.39, 0.29) is 6.04 Å². The van der Waals surface area contributed by atoms with Crippen molar-refractivity contribution in [3.05, 3.63) is 48.3 Å². The lowest BCUT2D eigenvalue weighted by molar-refractivity contribution is 0.269. The molecule has 2 aromatic rings. The number of nitrogens with one attached hydrogen (secondary N) is 1. The summed E-state index contributed by atoms with van der Waals surface area (Å²) < 4.78 is 1.92. The molecule has 4 nitrogen and oxygen atoms in total. The van der Waals surface area contributed by atoms with E-state index < -0.39 is 0 Å². The number of aromatic nitrogens is 2. The molecule has 1 aromatic heterocycles. The normalized spacial score (nSPS) is 18.1. The van der Waals surface area contributed by atoms with Crippen molar-refractivity contribution in [2.45, 2.75) is 38.1 Å². The maximum atomic E-state index is 5.78. The van der Waals surface area contributed by atoms with Crippen LogP contribution in [-0.2, 0) is 0 Å². The van der Waals surface area contributed by atoms with Gasteiger partial charge in [0.05, 0.1) is 17.4 Å². The van der Waals surface area contributed by atoms with Gasteiger partial charge in [-0.25, -0.2) is 4.68 Å². The maximum absolute atomic E-state index is 5.78. The topological polar surface area (TPSA) is 55.9 Å². The van der Waals surface area contributed by atoms with Crippen LogP contribution in [0.4, 0.5) is 0 Å². The van der Waals surface area contributed by atoms with Gasteiger partial charge < -0.3 is 0 Å². The van der Waals surface area contributed by atoms with Crippen LogP contribution in [-0.4, -0.2) is 9.78 Å². The Morgan fingerprint density at radius 3 is 2.55 bits per heavy atom. The maximum Gasteiger partial charge on any atom is 0.0814 e. The molecule has 0 radical (unpaired) electrons. The van der Waals surface area contributed by atoms with Crippen LogP contribution in [0.2, 0.25) is 0 Å². The molecule has 1 saturated carbocycles. The number of hydrazine groups is 1. The molecule has 1 fully saturated rings. The zero-order valence-corrected chi connectivity index (χ0v) is 11.7. The van der Waals surface area contributed by atoms with Gasteiger partial charge in [-0.2, -0.15) is 5.10 Å². The number of benzene rings is 1. The van der Waals surface area contributed by atoms with Crippen molar-refractivity contribution < 1.29 is 0 Å². The fourth-order valence-corrected chi connectivity index (χ4v) is 3.16. The molecule has 4 heteroatoms. The highest BCUT2D eigenvalue weighted by Gasteiger charge is 2.25. The molecule has 0 saturated heterocycles. The minimum Gasteiger partial charge on any atom is -0.271 e. The van der Waals surface area contributed by atoms with Crippen LogP contribution in [0.5, 0.6) is 0 Å². The number of para-hydroxylation sites is 1. The lowest BCUT2D eigenvalue weighted by atomic mass is 9.83. The summed E-state index contributed by atoms with van der Waals surface area (Å²) in [5, 5.41) is 4.70. The summed E-state index contributed by atoms with van der Waals surface area (Å²) in [5.41, 5.74) is 5.10. The summed E-state index contributed by atoms with van der Waals surface area (Å²) in [7, 11) is 0. The Kier molecular flexibility index (Phi) is 4.14. The molecule has 1 aliphatic rings. The van der Waals surface area contributed by atoms with Gasteiger partial charge in [0.25, 0.3) is 0 Å². The van der Waals surface area contributed by atoms with Gasteiger partial charge in [0, 0.05) is 6.20 Å². The van der Waals surface area contributed by atoms with E-state index in [0.29, 0.717) is 5.92 Å². The van der Waals surface area contributed by atoms with Crippen molar-refractivity contribution >= 4 is 0 Å². The average molecular weight is 270 g/mol. The highest BCUT2D eigenvalue weighted by Crippen LogP contribution is 2.33. The van der Waals surface area contributed by atoms with Crippen molar-refractivity contribution in [1.29, 1.82) is 0 Å². The average Bonchev–Trinajstić information content (AvgIpc) is 3.00. The first-order valence-electron chi connectivity index (χ1n) is 7.45. The van der Waals surface area contributed by atoms with Gasteiger partial charge >= 0.3 is 0 Å². The molecule has 106 valence electrons. The van der Waals surface area contributed by atoms with Crippen LogP contribution < -0.4 is 11.3 Å². The van der Waals surface area contributed by atoms with Crippen LogP contribution in [0.3, 0.4) is 0 Å². The Morgan fingerprint density at radius 2 is 1.85 bits per heavy atom. The van der Waals surface area contributed by atoms with E-state index in [0.717, 1.165) is 11.4 Å². The van der Waals surface area contributed by atoms with Crippen LogP contribution >= 0.6 is 0 Å². The second-order valence-corrected chi connectivity index (χ2v) is 5.56. The van der Waals surface area contributed by atoms with Crippen LogP contribution in [0.15, 0.2) is 42.6 Å². The van der Waals surface area contributed by atoms with Gasteiger partial charge in [-0.15, -0.1) is 0 Å². The molecule has 0 spiro atoms. The van der Waals surface area contributed by atoms with Crippen LogP contribution in [0.25, 0.3) is 5.69 Å². The van der Waals surface area contributed by atoms with Gasteiger partial charge in [0.1, 0.15) is 0 Å². The molecule has 1 aliphatic carbocycles. The second kappa shape index (κ2) is 6.20. The Morgan fingerprint density at radius 1 is 1.10 bits per heavy atom. The fraction of sp³-hybridized carbons (Fsp3) is 0.438. The third-order valence-electron chi connectivity index (χ3n) is 4.25. The first-order chi connectivity index (χ1) is 9.88. The van der Waals surface area contributed by atoms with E-state index in [4.69, 9.17) is 10.9 Å². The molecule has 1 atom stereocenters. The largest absolute Gasteiger partial charge is 0.271 e. The number of rotatable bonds is 4. The van der Waals surface area contributed by atoms with Crippen molar-refractivity contribution in [3.8, 4) is 5.69 Å². The fourth-order valence-electron chi connectivity index (χ4n) is 3.16. The van der Waals surface area contributed by atoms with Gasteiger partial charge in [-0.05, 0) is 37.0 Å². The quantitative estimate of drug-likeness (QED) is 0.663. The molecule has 0 aliphatic heterocycles. The molecule has 1 aromatic carbocycles. The molecule has 1 heterocycles. The smallest absolute Gasteiger partial charge is 0.0814 e. The molecule has 3 rings (SSSR count). The molecule has 0 amide bonds. The van der Waals surface area contributed by atoms with Gasteiger partial charge in [0.15, 0.2) is 0 Å². The lowest BCUT2D eigenvalue weighted by Crippen LogP contribution is -2.34. The van der Waals surface area contributed by atoms with E-state index in [2.05, 4.69) is 23.6 Å². The standard InChI is InChI=1S/C16H22N4/c17-18-16(13-7-3-1-4-8-13)15-11-12-20(19-15)14-9-5-2-6-10-14/h2,5-6,9-13,16,18H,1,3-4,7-8,17H2. The van der Waals surface area contributed by atoms with Crippen LogP contribution in [0, 0.1) is 5.92 Å². The first kappa shape index (κ1) is 13.3. The second-order valence-electron chi connectivity index (χ2n) is 5.56. The van der Waals surface area contributed by atoms with E-state index >= 15 is 0 Å². The first-order valence-corrected chi connectivity index (χ1v) is 7.45. The lowest BCUT2D eigenvalue weighted by Gasteiger charge is -2.28. The predicted molar refractivity (Wildman–Crippen MR) is 80.2 cm³/mol. The molecular weight excluding hydrogens is 248 g/mol. The predicted octanol–water partition coefficient (Wildman–Crippen LogP) is 2.96. The Bertz CT molecular complexity index is 528. The highest BCUT2D eigenvalue weighted by atomic mass is 15.3. The summed E-state index contributed by atoms with van der Waals surface area (Å²) in [5.74, 6) is 6.39. The third-order valence-corrected chi connectivity index (χ3v) is 4.25. The van der Waals surface area contributed by atoms with E-state index in [1.54, 1.807) is 0 Å². The minimum absolute atomic E-state index is 0.167. The zero-order chi connectivity index (χ0) is 13.8. The highest BCUT2D eigenvalue weighted by molar-refractivity contribution is 5.30. The molecular formula is C16H22N4. The Hall–Kier alpha value is -1.65. The summed E-state index contributed by atoms with van der Waals surface area (Å²) in [6.07, 6.45) is 8.47. The van der Waals surface area contributed by atoms with Crippen molar-refractivity contribution in [2.75, 3.05) is 0 Å². The molecule has 0 bridgehead atoms. The van der Waals surface area contributed by atoms with Crippen molar-refractivity contribution in [2.24, 2.45) is 11.8 Å². The van der Waals surface area contributed by atoms with Crippen LogP contribution in [0.1, 0.15) is 43.8 Å². The molecule has 1 unspecified atom stereocenters. The van der Waals surface area contributed by atoms with Gasteiger partial charge in [-0.3, -0.25) is 11.3 Å². The van der Waals surface area contributed by atoms with Gasteiger partial charge in [0.2, 0.25) is 0 Å². The number of nitrogens with zero attached hydrogens (tertiary/aromatic N) is 2. The molecule has 20 heavy (non-hydrogen) atoms. The minimum atomic E-state index is 0.167. The summed E-state index contributed by atoms with van der Waals surface area (Å²) in [4.78, 5) is 0. The summed E-state index contributed by atoms with van der Waals surface area (Å²) in [6.45, 7) is 0. The Balaban J connectivity index is 1.80. The molecule has 3 N–H and O–H groups in total. The number of nitrogens with two attached hydrogens (primary N) is 1. The van der Waals surface area contributed by atoms with E-state index in [1.165, 1.54) is 32.1 Å². The monoisotopic (exact) mass is 270 g/mol. The number of hydrogen-bond acceptors (Lipinski definition) is 3. The zero-order valence-electron chi connectivity index (χ0n) is 11.7. The summed E-state index contributed by atoms with van der Waals surface area (Å²) >= 11 is 0. The van der Waals surface area contributed by atoms with Crippen molar-refractivity contribution in [3.63, 3.8) is 0 Å². The van der Waals surface area contributed by atoms with E-state index in [9.17, 15) is 0 Å². The van der Waals surface area contributed by atoms with Crippen molar-refractivity contribution in [1.82, 2.24) is 15.2 Å². The van der Waals surface area contributed by atoms with Gasteiger partial charge in [-0.1, -0.05) is 37.5 Å². The summed E-state index contributed by atoms with van der Waals surface area (Å²) in [6, 6.07) is 12.4. The SMILES string of the molecule is NNC(c1ccn(-c2ccccc2)n1)C1CCCCC1. The third kappa shape index (κ3) is 2.76. The van der Waals surface area contributed by atoms with E-state index in [1.807, 2.05) is 29.1 Å². The number of hydrogen-bond donors (Lipinski definition) is 2. The Labute approximate surface area is 120 Å².